The van der Waals surface area contributed by atoms with E-state index in [0.717, 1.165) is 11.1 Å². The molecule has 0 spiro atoms. The summed E-state index contributed by atoms with van der Waals surface area (Å²) in [5, 5.41) is 0. The van der Waals surface area contributed by atoms with Gasteiger partial charge < -0.3 is 18.9 Å². The van der Waals surface area contributed by atoms with Crippen molar-refractivity contribution in [1.82, 2.24) is 0 Å². The standard InChI is InChI=1S/C24H34O7P/c1-26-23(28-19-21-11-5-3-6-12-21)15-9-17-30-32(25)31-18-10-16-24(27-2)29-20-22-13-7-4-8-14-22/h3-8,11-14,23-24H,9-10,15-20H2,1-2H3/q+1. The first-order valence-corrected chi connectivity index (χ1v) is 11.9. The normalized spacial score (nSPS) is 13.6. The van der Waals surface area contributed by atoms with Gasteiger partial charge in [0.25, 0.3) is 0 Å². The van der Waals surface area contributed by atoms with E-state index in [-0.39, 0.29) is 12.6 Å². The molecule has 2 aromatic carbocycles. The Kier molecular flexibility index (Phi) is 14.0. The Morgan fingerprint density at radius 1 is 0.688 bits per heavy atom. The molecule has 8 heteroatoms. The number of rotatable bonds is 18. The quantitative estimate of drug-likeness (QED) is 0.161. The smallest absolute Gasteiger partial charge is 0.356 e. The molecule has 0 N–H and O–H groups in total. The van der Waals surface area contributed by atoms with Gasteiger partial charge in [0.1, 0.15) is 13.2 Å². The number of methoxy groups -OCH3 is 2. The maximum atomic E-state index is 11.9. The SMILES string of the molecule is COC(CCCO[P+](=O)OCCCC(OC)OCc1ccccc1)OCc1ccccc1. The first-order chi connectivity index (χ1) is 15.7. The van der Waals surface area contributed by atoms with Gasteiger partial charge in [0.05, 0.1) is 13.2 Å². The number of ether oxygens (including phenoxy) is 4. The Morgan fingerprint density at radius 2 is 1.09 bits per heavy atom. The minimum Gasteiger partial charge on any atom is -0.356 e. The van der Waals surface area contributed by atoms with Crippen molar-refractivity contribution in [2.45, 2.75) is 51.5 Å². The van der Waals surface area contributed by atoms with Gasteiger partial charge in [0.15, 0.2) is 12.6 Å². The summed E-state index contributed by atoms with van der Waals surface area (Å²) in [6, 6.07) is 19.8. The zero-order valence-electron chi connectivity index (χ0n) is 18.9. The zero-order valence-corrected chi connectivity index (χ0v) is 19.8. The lowest BCUT2D eigenvalue weighted by molar-refractivity contribution is -0.136. The van der Waals surface area contributed by atoms with Crippen molar-refractivity contribution in [3.05, 3.63) is 71.8 Å². The second kappa shape index (κ2) is 16.9. The van der Waals surface area contributed by atoms with Crippen LogP contribution >= 0.6 is 8.25 Å². The van der Waals surface area contributed by atoms with Crippen LogP contribution in [0.25, 0.3) is 0 Å². The fourth-order valence-electron chi connectivity index (χ4n) is 2.88. The molecule has 176 valence electrons. The van der Waals surface area contributed by atoms with Crippen LogP contribution in [-0.2, 0) is 45.8 Å². The summed E-state index contributed by atoms with van der Waals surface area (Å²) in [7, 11) is 1.06. The van der Waals surface area contributed by atoms with E-state index in [1.54, 1.807) is 14.2 Å². The van der Waals surface area contributed by atoms with Gasteiger partial charge >= 0.3 is 8.25 Å². The van der Waals surface area contributed by atoms with Gasteiger partial charge in [-0.2, -0.15) is 0 Å². The predicted molar refractivity (Wildman–Crippen MR) is 122 cm³/mol. The molecule has 2 unspecified atom stereocenters. The van der Waals surface area contributed by atoms with Gasteiger partial charge in [-0.1, -0.05) is 60.7 Å². The molecule has 2 rings (SSSR count). The van der Waals surface area contributed by atoms with E-state index in [0.29, 0.717) is 52.1 Å². The molecule has 0 aliphatic carbocycles. The molecule has 0 saturated carbocycles. The third-order valence-corrected chi connectivity index (χ3v) is 5.43. The van der Waals surface area contributed by atoms with Crippen LogP contribution in [0, 0.1) is 0 Å². The maximum Gasteiger partial charge on any atom is 0.697 e. The summed E-state index contributed by atoms with van der Waals surface area (Å²) >= 11 is 0. The average molecular weight is 466 g/mol. The van der Waals surface area contributed by atoms with Crippen LogP contribution in [0.3, 0.4) is 0 Å². The summed E-state index contributed by atoms with van der Waals surface area (Å²) < 4.78 is 44.5. The van der Waals surface area contributed by atoms with Gasteiger partial charge in [0.2, 0.25) is 0 Å². The highest BCUT2D eigenvalue weighted by atomic mass is 31.1. The first-order valence-electron chi connectivity index (χ1n) is 10.8. The molecule has 0 fully saturated rings. The van der Waals surface area contributed by atoms with Crippen LogP contribution in [0.15, 0.2) is 60.7 Å². The van der Waals surface area contributed by atoms with Crippen LogP contribution in [-0.4, -0.2) is 40.0 Å². The van der Waals surface area contributed by atoms with Gasteiger partial charge in [-0.3, -0.25) is 0 Å². The van der Waals surface area contributed by atoms with Crippen molar-refractivity contribution in [2.75, 3.05) is 27.4 Å². The summed E-state index contributed by atoms with van der Waals surface area (Å²) in [4.78, 5) is 0. The Balaban J connectivity index is 1.49. The van der Waals surface area contributed by atoms with E-state index in [4.69, 9.17) is 28.0 Å². The number of hydrogen-bond donors (Lipinski definition) is 0. The molecular formula is C24H34O7P+. The van der Waals surface area contributed by atoms with Crippen molar-refractivity contribution in [1.29, 1.82) is 0 Å². The van der Waals surface area contributed by atoms with Gasteiger partial charge in [-0.15, -0.1) is 9.05 Å². The van der Waals surface area contributed by atoms with Crippen molar-refractivity contribution in [3.8, 4) is 0 Å². The van der Waals surface area contributed by atoms with E-state index < -0.39 is 8.25 Å². The molecule has 0 heterocycles. The monoisotopic (exact) mass is 465 g/mol. The average Bonchev–Trinajstić information content (AvgIpc) is 2.84. The lowest BCUT2D eigenvalue weighted by Gasteiger charge is -2.15. The Bertz CT molecular complexity index is 668. The highest BCUT2D eigenvalue weighted by Gasteiger charge is 2.20. The third kappa shape index (κ3) is 11.8. The van der Waals surface area contributed by atoms with Crippen LogP contribution in [0.2, 0.25) is 0 Å². The molecule has 2 aromatic rings. The van der Waals surface area contributed by atoms with Crippen LogP contribution in [0.1, 0.15) is 36.8 Å². The van der Waals surface area contributed by atoms with E-state index in [9.17, 15) is 4.57 Å². The topological polar surface area (TPSA) is 72.5 Å². The fraction of sp³-hybridized carbons (Fsp3) is 0.500. The van der Waals surface area contributed by atoms with Crippen molar-refractivity contribution < 1.29 is 32.6 Å². The maximum absolute atomic E-state index is 11.9. The van der Waals surface area contributed by atoms with Crippen LogP contribution in [0.4, 0.5) is 0 Å². The van der Waals surface area contributed by atoms with E-state index in [1.165, 1.54) is 0 Å². The highest BCUT2D eigenvalue weighted by molar-refractivity contribution is 7.33. The molecule has 0 saturated heterocycles. The zero-order chi connectivity index (χ0) is 22.9. The molecule has 0 aliphatic heterocycles. The molecule has 32 heavy (non-hydrogen) atoms. The molecule has 0 aromatic heterocycles. The minimum absolute atomic E-state index is 0.310. The summed E-state index contributed by atoms with van der Waals surface area (Å²) in [5.41, 5.74) is 2.17. The van der Waals surface area contributed by atoms with E-state index >= 15 is 0 Å². The van der Waals surface area contributed by atoms with Crippen molar-refractivity contribution in [2.24, 2.45) is 0 Å². The minimum atomic E-state index is -2.15. The summed E-state index contributed by atoms with van der Waals surface area (Å²) in [6.07, 6.45) is 1.91. The Labute approximate surface area is 191 Å². The summed E-state index contributed by atoms with van der Waals surface area (Å²) in [5.74, 6) is 0. The first kappa shape index (κ1) is 26.6. The fourth-order valence-corrected chi connectivity index (χ4v) is 3.51. The van der Waals surface area contributed by atoms with Gasteiger partial charge in [-0.05, 0) is 24.0 Å². The van der Waals surface area contributed by atoms with Gasteiger partial charge in [-0.25, -0.2) is 0 Å². The second-order valence-electron chi connectivity index (χ2n) is 7.10. The molecule has 7 nitrogen and oxygen atoms in total. The van der Waals surface area contributed by atoms with Crippen LogP contribution < -0.4 is 0 Å². The van der Waals surface area contributed by atoms with Crippen molar-refractivity contribution in [3.63, 3.8) is 0 Å². The summed E-state index contributed by atoms with van der Waals surface area (Å²) in [6.45, 7) is 1.58. The third-order valence-electron chi connectivity index (χ3n) is 4.64. The predicted octanol–water partition coefficient (Wildman–Crippen LogP) is 5.62. The van der Waals surface area contributed by atoms with Crippen molar-refractivity contribution >= 4 is 8.25 Å². The number of benzene rings is 2. The Hall–Kier alpha value is -1.70. The molecular weight excluding hydrogens is 431 g/mol. The molecule has 2 atom stereocenters. The van der Waals surface area contributed by atoms with E-state index in [2.05, 4.69) is 0 Å². The molecule has 0 aliphatic rings. The molecule has 0 radical (unpaired) electrons. The highest BCUT2D eigenvalue weighted by Crippen LogP contribution is 2.25. The molecule has 0 amide bonds. The number of hydrogen-bond acceptors (Lipinski definition) is 7. The largest absolute Gasteiger partial charge is 0.697 e. The molecule has 0 bridgehead atoms. The van der Waals surface area contributed by atoms with Crippen LogP contribution in [0.5, 0.6) is 0 Å². The Morgan fingerprint density at radius 3 is 1.47 bits per heavy atom. The van der Waals surface area contributed by atoms with E-state index in [1.807, 2.05) is 60.7 Å². The lowest BCUT2D eigenvalue weighted by Crippen LogP contribution is -2.16. The van der Waals surface area contributed by atoms with Gasteiger partial charge in [0, 0.05) is 31.6 Å². The second-order valence-corrected chi connectivity index (χ2v) is 8.06. The lowest BCUT2D eigenvalue weighted by atomic mass is 10.2.